The molecule has 3 aliphatic heterocycles. The van der Waals surface area contributed by atoms with E-state index in [4.69, 9.17) is 28.4 Å². The van der Waals surface area contributed by atoms with E-state index < -0.39 is 124 Å². The summed E-state index contributed by atoms with van der Waals surface area (Å²) in [7, 11) is 0. The monoisotopic (exact) mass is 1390 g/mol. The van der Waals surface area contributed by atoms with Crippen molar-refractivity contribution in [3.63, 3.8) is 0 Å². The van der Waals surface area contributed by atoms with Crippen LogP contribution in [0.3, 0.4) is 0 Å². The molecule has 17 unspecified atom stereocenters. The summed E-state index contributed by atoms with van der Waals surface area (Å²) >= 11 is 0. The van der Waals surface area contributed by atoms with Crippen LogP contribution in [0, 0.1) is 0 Å². The number of aliphatic hydroxyl groups is 11. The highest BCUT2D eigenvalue weighted by Gasteiger charge is 2.53. The van der Waals surface area contributed by atoms with Gasteiger partial charge in [-0.25, -0.2) is 0 Å². The van der Waals surface area contributed by atoms with Crippen LogP contribution in [0.1, 0.15) is 251 Å². The molecule has 3 heterocycles. The quantitative estimate of drug-likeness (QED) is 0.0199. The number of unbranched alkanes of at least 4 members (excludes halogenated alkanes) is 26. The van der Waals surface area contributed by atoms with Crippen molar-refractivity contribution < 1.29 is 89.4 Å². The van der Waals surface area contributed by atoms with E-state index in [2.05, 4.69) is 116 Å². The zero-order valence-corrected chi connectivity index (χ0v) is 60.0. The predicted molar refractivity (Wildman–Crippen MR) is 387 cm³/mol. The number of hydrogen-bond acceptors (Lipinski definition) is 18. The van der Waals surface area contributed by atoms with Gasteiger partial charge in [0.05, 0.1) is 38.6 Å². The molecule has 0 radical (unpaired) electrons. The summed E-state index contributed by atoms with van der Waals surface area (Å²) in [6.45, 7) is 1.60. The van der Waals surface area contributed by atoms with Crippen LogP contribution in [0.2, 0.25) is 0 Å². The Balaban J connectivity index is 1.42. The lowest BCUT2D eigenvalue weighted by atomic mass is 9.96. The number of rotatable bonds is 58. The number of hydrogen-bond donors (Lipinski definition) is 12. The molecule has 1 amide bonds. The minimum atomic E-state index is -1.99. The maximum Gasteiger partial charge on any atom is 0.220 e. The lowest BCUT2D eigenvalue weighted by Gasteiger charge is -2.48. The van der Waals surface area contributed by atoms with E-state index in [0.717, 1.165) is 109 Å². The van der Waals surface area contributed by atoms with Gasteiger partial charge in [0.2, 0.25) is 5.91 Å². The second-order valence-electron chi connectivity index (χ2n) is 26.7. The molecule has 19 nitrogen and oxygen atoms in total. The fourth-order valence-electron chi connectivity index (χ4n) is 12.2. The molecule has 0 aromatic rings. The number of aliphatic hydroxyl groups excluding tert-OH is 11. The normalized spacial score (nSPS) is 27.4. The van der Waals surface area contributed by atoms with Crippen molar-refractivity contribution in [3.8, 4) is 0 Å². The molecule has 0 saturated carbocycles. The van der Waals surface area contributed by atoms with Crippen LogP contribution < -0.4 is 5.32 Å². The molecule has 3 rings (SSSR count). The van der Waals surface area contributed by atoms with E-state index in [0.29, 0.717) is 12.8 Å². The zero-order valence-electron chi connectivity index (χ0n) is 60.0. The minimum absolute atomic E-state index is 0.215. The molecule has 19 heteroatoms. The molecular weight excluding hydrogens is 1250 g/mol. The molecule has 3 aliphatic rings. The number of allylic oxidation sites excluding steroid dienone is 17. The maximum atomic E-state index is 13.5. The van der Waals surface area contributed by atoms with E-state index in [1.165, 1.54) is 109 Å². The molecule has 98 heavy (non-hydrogen) atoms. The number of ether oxygens (including phenoxy) is 6. The van der Waals surface area contributed by atoms with Crippen LogP contribution in [0.4, 0.5) is 0 Å². The first-order valence-electron chi connectivity index (χ1n) is 38.1. The Morgan fingerprint density at radius 3 is 1.14 bits per heavy atom. The van der Waals surface area contributed by atoms with Crippen LogP contribution in [0.15, 0.2) is 109 Å². The summed E-state index contributed by atoms with van der Waals surface area (Å²) in [5.74, 6) is -0.300. The Hall–Kier alpha value is -3.55. The van der Waals surface area contributed by atoms with Crippen LogP contribution >= 0.6 is 0 Å². The van der Waals surface area contributed by atoms with Crippen LogP contribution in [-0.4, -0.2) is 193 Å². The third-order valence-electron chi connectivity index (χ3n) is 18.3. The second kappa shape index (κ2) is 58.9. The molecular formula is C79H135NO18. The van der Waals surface area contributed by atoms with Gasteiger partial charge in [-0.2, -0.15) is 0 Å². The van der Waals surface area contributed by atoms with Crippen molar-refractivity contribution in [1.29, 1.82) is 0 Å². The van der Waals surface area contributed by atoms with E-state index in [1.807, 2.05) is 6.08 Å². The van der Waals surface area contributed by atoms with Crippen LogP contribution in [0.25, 0.3) is 0 Å². The van der Waals surface area contributed by atoms with Crippen LogP contribution in [0.5, 0.6) is 0 Å². The topological polar surface area (TPSA) is 307 Å². The first kappa shape index (κ1) is 88.7. The average molecular weight is 1390 g/mol. The first-order valence-corrected chi connectivity index (χ1v) is 38.1. The van der Waals surface area contributed by atoms with Crippen molar-refractivity contribution >= 4 is 5.91 Å². The fraction of sp³-hybridized carbons (Fsp3) is 0.759. The van der Waals surface area contributed by atoms with Crippen molar-refractivity contribution in [3.05, 3.63) is 109 Å². The van der Waals surface area contributed by atoms with Crippen molar-refractivity contribution in [2.24, 2.45) is 0 Å². The second-order valence-corrected chi connectivity index (χ2v) is 26.7. The summed E-state index contributed by atoms with van der Waals surface area (Å²) in [4.78, 5) is 13.5. The van der Waals surface area contributed by atoms with Crippen molar-refractivity contribution in [1.82, 2.24) is 5.32 Å². The Bertz CT molecular complexity index is 2200. The molecule has 12 N–H and O–H groups in total. The van der Waals surface area contributed by atoms with Crippen molar-refractivity contribution in [2.45, 2.75) is 356 Å². The Morgan fingerprint density at radius 1 is 0.378 bits per heavy atom. The highest BCUT2D eigenvalue weighted by Crippen LogP contribution is 2.33. The van der Waals surface area contributed by atoms with Gasteiger partial charge in [-0.3, -0.25) is 4.79 Å². The molecule has 0 spiro atoms. The Kier molecular flexibility index (Phi) is 53.3. The minimum Gasteiger partial charge on any atom is -0.394 e. The number of amides is 1. The average Bonchev–Trinajstić information content (AvgIpc) is 0.784. The first-order chi connectivity index (χ1) is 47.8. The third-order valence-corrected chi connectivity index (χ3v) is 18.3. The SMILES string of the molecule is CC/C=C\C/C=C\C/C=C\C/C=C\C/C=C\C/C=C\C/C=C\CCCCCCCCCC(=O)NC(COC1OC(CO)C(OC2OC(CO)C(OC3OC(CO)C(O)C(O)C3O)C(O)C2O)C(O)C1O)C(O)/C=C/CC/C=C/CCCCCCCCCCCCCCCCCCCC. The molecule has 0 aromatic carbocycles. The summed E-state index contributed by atoms with van der Waals surface area (Å²) in [6.07, 6.45) is 53.4. The van der Waals surface area contributed by atoms with Crippen LogP contribution in [-0.2, 0) is 33.2 Å². The Labute approximate surface area is 589 Å². The molecule has 0 aromatic heterocycles. The lowest BCUT2D eigenvalue weighted by Crippen LogP contribution is -2.66. The maximum absolute atomic E-state index is 13.5. The molecule has 3 saturated heterocycles. The lowest BCUT2D eigenvalue weighted by molar-refractivity contribution is -0.379. The Morgan fingerprint density at radius 2 is 0.714 bits per heavy atom. The molecule has 3 fully saturated rings. The summed E-state index contributed by atoms with van der Waals surface area (Å²) in [5.41, 5.74) is 0. The number of nitrogens with one attached hydrogen (secondary N) is 1. The van der Waals surface area contributed by atoms with Gasteiger partial charge in [0, 0.05) is 6.42 Å². The van der Waals surface area contributed by atoms with Gasteiger partial charge in [-0.1, -0.05) is 264 Å². The molecule has 0 aliphatic carbocycles. The van der Waals surface area contributed by atoms with Gasteiger partial charge in [0.25, 0.3) is 0 Å². The van der Waals surface area contributed by atoms with Gasteiger partial charge in [0.1, 0.15) is 73.2 Å². The summed E-state index contributed by atoms with van der Waals surface area (Å²) in [6, 6.07) is -1.01. The molecule has 564 valence electrons. The van der Waals surface area contributed by atoms with Gasteiger partial charge in [-0.05, 0) is 89.9 Å². The highest BCUT2D eigenvalue weighted by atomic mass is 16.8. The van der Waals surface area contributed by atoms with Gasteiger partial charge in [0.15, 0.2) is 18.9 Å². The van der Waals surface area contributed by atoms with E-state index >= 15 is 0 Å². The van der Waals surface area contributed by atoms with E-state index in [1.54, 1.807) is 6.08 Å². The zero-order chi connectivity index (χ0) is 71.1. The number of carbonyl (C=O) groups excluding carboxylic acids is 1. The van der Waals surface area contributed by atoms with Crippen molar-refractivity contribution in [2.75, 3.05) is 26.4 Å². The van der Waals surface area contributed by atoms with Gasteiger partial charge in [-0.15, -0.1) is 0 Å². The summed E-state index contributed by atoms with van der Waals surface area (Å²) in [5, 5.41) is 121. The smallest absolute Gasteiger partial charge is 0.220 e. The fourth-order valence-corrected chi connectivity index (χ4v) is 12.2. The molecule has 0 bridgehead atoms. The molecule has 17 atom stereocenters. The standard InChI is InChI=1S/C79H135NO18/c1-3-5-7-9-11-13-15-17-19-21-23-25-27-29-30-31-32-33-35-37-39-41-43-45-47-49-51-53-55-57-67(85)80-62(63(84)56-54-52-50-48-46-44-42-40-38-36-34-28-26-24-22-20-18-16-14-12-10-8-6-4-2)61-93-77-73(91)70(88)75(65(59-82)95-77)98-79-74(92)71(89)76(66(60-83)96-79)97-78-72(90)69(87)68(86)64(58-81)94-78/h5,7,11,13,17,19,23,25,29-30,32-33,37,39,46,48,54,56,62-66,68-79,81-84,86-92H,3-4,6,8-10,12,14-16,18,20-22,24,26-28,31,34-36,38,40-45,47,49-53,55,57-61H2,1-2H3,(H,80,85)/b7-5-,13-11-,19-17-,25-23-,30-29-,33-32-,39-37-,48-46+,56-54+. The third kappa shape index (κ3) is 39.2. The van der Waals surface area contributed by atoms with E-state index in [-0.39, 0.29) is 18.9 Å². The predicted octanol–water partition coefficient (Wildman–Crippen LogP) is 11.8. The summed E-state index contributed by atoms with van der Waals surface area (Å²) < 4.78 is 34.4. The van der Waals surface area contributed by atoms with Gasteiger partial charge < -0.3 is 89.9 Å². The number of carbonyl (C=O) groups is 1. The van der Waals surface area contributed by atoms with Gasteiger partial charge >= 0.3 is 0 Å². The highest BCUT2D eigenvalue weighted by molar-refractivity contribution is 5.76. The van der Waals surface area contributed by atoms with E-state index in [9.17, 15) is 61.0 Å². The largest absolute Gasteiger partial charge is 0.394 e.